The molecule has 1 heterocycles. The Hall–Kier alpha value is -0.930. The van der Waals surface area contributed by atoms with Gasteiger partial charge in [-0.2, -0.15) is 0 Å². The Kier molecular flexibility index (Phi) is 3.86. The lowest BCUT2D eigenvalue weighted by Crippen LogP contribution is -2.28. The van der Waals surface area contributed by atoms with Crippen molar-refractivity contribution < 1.29 is 5.11 Å². The molecular weight excluding hydrogens is 164 g/mol. The lowest BCUT2D eigenvalue weighted by molar-refractivity contribution is 0.172. The lowest BCUT2D eigenvalue weighted by atomic mass is 10.1. The van der Waals surface area contributed by atoms with E-state index in [9.17, 15) is 5.11 Å². The quantitative estimate of drug-likeness (QED) is 0.722. The first-order valence-corrected chi connectivity index (χ1v) is 4.34. The van der Waals surface area contributed by atoms with Crippen LogP contribution in [0, 0.1) is 6.92 Å². The van der Waals surface area contributed by atoms with Crippen LogP contribution in [-0.2, 0) is 0 Å². The fraction of sp³-hybridized carbons (Fsp3) is 0.400. The predicted octanol–water partition coefficient (Wildman–Crippen LogP) is 0.927. The summed E-state index contributed by atoms with van der Waals surface area (Å²) in [6, 6.07) is 3.81. The van der Waals surface area contributed by atoms with Crippen LogP contribution in [0.25, 0.3) is 0 Å². The zero-order valence-corrected chi connectivity index (χ0v) is 7.77. The second-order valence-electron chi connectivity index (χ2n) is 3.11. The van der Waals surface area contributed by atoms with Crippen molar-refractivity contribution in [1.82, 2.24) is 10.3 Å². The Bertz CT molecular complexity index is 236. The molecule has 1 radical (unpaired) electrons. The summed E-state index contributed by atoms with van der Waals surface area (Å²) >= 11 is 0. The van der Waals surface area contributed by atoms with Gasteiger partial charge in [-0.1, -0.05) is 6.07 Å². The van der Waals surface area contributed by atoms with E-state index in [4.69, 9.17) is 0 Å². The highest BCUT2D eigenvalue weighted by Crippen LogP contribution is 2.08. The number of pyridine rings is 1. The molecule has 3 heteroatoms. The van der Waals surface area contributed by atoms with Gasteiger partial charge in [0.1, 0.15) is 0 Å². The highest BCUT2D eigenvalue weighted by atomic mass is 16.3. The highest BCUT2D eigenvalue weighted by Gasteiger charge is 2.06. The SMILES string of the molecule is [CH2][C@@H](C)NC[C@H](O)c1cccnc1. The van der Waals surface area contributed by atoms with Crippen LogP contribution >= 0.6 is 0 Å². The summed E-state index contributed by atoms with van der Waals surface area (Å²) in [5.41, 5.74) is 0.829. The number of aliphatic hydroxyl groups excluding tert-OH is 1. The minimum atomic E-state index is -0.502. The lowest BCUT2D eigenvalue weighted by Gasteiger charge is -2.13. The van der Waals surface area contributed by atoms with Crippen LogP contribution in [0.2, 0.25) is 0 Å². The monoisotopic (exact) mass is 179 g/mol. The van der Waals surface area contributed by atoms with Gasteiger partial charge >= 0.3 is 0 Å². The molecule has 0 saturated heterocycles. The van der Waals surface area contributed by atoms with E-state index in [0.717, 1.165) is 5.56 Å². The van der Waals surface area contributed by atoms with Crippen LogP contribution in [0.5, 0.6) is 0 Å². The molecule has 0 saturated carbocycles. The van der Waals surface area contributed by atoms with E-state index >= 15 is 0 Å². The molecular formula is C10H15N2O. The van der Waals surface area contributed by atoms with Crippen LogP contribution < -0.4 is 5.32 Å². The number of aliphatic hydroxyl groups is 1. The molecule has 0 aliphatic rings. The summed E-state index contributed by atoms with van der Waals surface area (Å²) in [7, 11) is 0. The Morgan fingerprint density at radius 2 is 2.46 bits per heavy atom. The molecule has 1 aromatic heterocycles. The van der Waals surface area contributed by atoms with Crippen LogP contribution in [0.15, 0.2) is 24.5 Å². The Morgan fingerprint density at radius 1 is 1.69 bits per heavy atom. The second kappa shape index (κ2) is 4.94. The topological polar surface area (TPSA) is 45.1 Å². The zero-order chi connectivity index (χ0) is 9.68. The standard InChI is InChI=1S/C10H15N2O/c1-8(2)12-7-10(13)9-4-3-5-11-6-9/h3-6,8,10,12-13H,1,7H2,2H3/t8-,10-/m0/s1. The van der Waals surface area contributed by atoms with Crippen molar-refractivity contribution in [3.63, 3.8) is 0 Å². The van der Waals surface area contributed by atoms with Gasteiger partial charge in [0.25, 0.3) is 0 Å². The van der Waals surface area contributed by atoms with Gasteiger partial charge in [0.15, 0.2) is 0 Å². The number of hydrogen-bond acceptors (Lipinski definition) is 3. The molecule has 0 bridgehead atoms. The number of nitrogens with one attached hydrogen (secondary N) is 1. The number of aromatic nitrogens is 1. The first-order valence-electron chi connectivity index (χ1n) is 4.34. The molecule has 1 rings (SSSR count). The smallest absolute Gasteiger partial charge is 0.0929 e. The molecule has 0 amide bonds. The molecule has 0 spiro atoms. The van der Waals surface area contributed by atoms with Gasteiger partial charge in [0, 0.05) is 30.5 Å². The van der Waals surface area contributed by atoms with Gasteiger partial charge in [0.2, 0.25) is 0 Å². The van der Waals surface area contributed by atoms with Crippen molar-refractivity contribution in [1.29, 1.82) is 0 Å². The fourth-order valence-corrected chi connectivity index (χ4v) is 1.00. The van der Waals surface area contributed by atoms with Crippen molar-refractivity contribution in [3.05, 3.63) is 37.0 Å². The molecule has 3 nitrogen and oxygen atoms in total. The molecule has 0 fully saturated rings. The van der Waals surface area contributed by atoms with Crippen LogP contribution in [0.1, 0.15) is 18.6 Å². The Labute approximate surface area is 78.8 Å². The van der Waals surface area contributed by atoms with E-state index in [1.807, 2.05) is 19.1 Å². The summed E-state index contributed by atoms with van der Waals surface area (Å²) in [5.74, 6) is 0. The van der Waals surface area contributed by atoms with E-state index in [0.29, 0.717) is 6.54 Å². The van der Waals surface area contributed by atoms with Crippen molar-refractivity contribution in [3.8, 4) is 0 Å². The average Bonchev–Trinajstić information content (AvgIpc) is 2.15. The van der Waals surface area contributed by atoms with Gasteiger partial charge in [-0.25, -0.2) is 0 Å². The number of hydrogen-bond donors (Lipinski definition) is 2. The summed E-state index contributed by atoms with van der Waals surface area (Å²) in [5, 5.41) is 12.7. The number of nitrogens with zero attached hydrogens (tertiary/aromatic N) is 1. The molecule has 13 heavy (non-hydrogen) atoms. The Morgan fingerprint density at radius 3 is 3.00 bits per heavy atom. The van der Waals surface area contributed by atoms with Crippen molar-refractivity contribution >= 4 is 0 Å². The molecule has 2 atom stereocenters. The first kappa shape index (κ1) is 10.2. The van der Waals surface area contributed by atoms with E-state index in [2.05, 4.69) is 17.2 Å². The third-order valence-electron chi connectivity index (χ3n) is 1.73. The largest absolute Gasteiger partial charge is 0.387 e. The van der Waals surface area contributed by atoms with E-state index < -0.39 is 6.10 Å². The van der Waals surface area contributed by atoms with Crippen molar-refractivity contribution in [2.45, 2.75) is 19.1 Å². The van der Waals surface area contributed by atoms with Gasteiger partial charge < -0.3 is 10.4 Å². The van der Waals surface area contributed by atoms with Crippen LogP contribution in [-0.4, -0.2) is 22.7 Å². The Balaban J connectivity index is 2.44. The molecule has 0 aliphatic heterocycles. The summed E-state index contributed by atoms with van der Waals surface area (Å²) in [4.78, 5) is 3.93. The van der Waals surface area contributed by atoms with Crippen molar-refractivity contribution in [2.24, 2.45) is 0 Å². The third-order valence-corrected chi connectivity index (χ3v) is 1.73. The average molecular weight is 179 g/mol. The first-order chi connectivity index (χ1) is 6.20. The normalized spacial score (nSPS) is 13.2. The molecule has 0 unspecified atom stereocenters. The minimum Gasteiger partial charge on any atom is -0.387 e. The maximum Gasteiger partial charge on any atom is 0.0929 e. The van der Waals surface area contributed by atoms with Gasteiger partial charge in [0.05, 0.1) is 6.10 Å². The fourth-order valence-electron chi connectivity index (χ4n) is 1.00. The van der Waals surface area contributed by atoms with Crippen LogP contribution in [0.3, 0.4) is 0 Å². The second-order valence-corrected chi connectivity index (χ2v) is 3.11. The molecule has 0 aromatic carbocycles. The summed E-state index contributed by atoms with van der Waals surface area (Å²) in [6.45, 7) is 6.22. The highest BCUT2D eigenvalue weighted by molar-refractivity contribution is 5.11. The minimum absolute atomic E-state index is 0.145. The number of rotatable bonds is 4. The molecule has 0 aliphatic carbocycles. The van der Waals surface area contributed by atoms with Crippen molar-refractivity contribution in [2.75, 3.05) is 6.54 Å². The molecule has 71 valence electrons. The van der Waals surface area contributed by atoms with Gasteiger partial charge in [-0.05, 0) is 19.9 Å². The van der Waals surface area contributed by atoms with Gasteiger partial charge in [-0.3, -0.25) is 4.98 Å². The van der Waals surface area contributed by atoms with Gasteiger partial charge in [-0.15, -0.1) is 0 Å². The summed E-state index contributed by atoms with van der Waals surface area (Å²) < 4.78 is 0. The predicted molar refractivity (Wildman–Crippen MR) is 52.0 cm³/mol. The van der Waals surface area contributed by atoms with E-state index in [-0.39, 0.29) is 6.04 Å². The van der Waals surface area contributed by atoms with Crippen LogP contribution in [0.4, 0.5) is 0 Å². The summed E-state index contributed by atoms with van der Waals surface area (Å²) in [6.07, 6.45) is 2.85. The van der Waals surface area contributed by atoms with E-state index in [1.165, 1.54) is 0 Å². The zero-order valence-electron chi connectivity index (χ0n) is 7.77. The maximum absolute atomic E-state index is 9.64. The third kappa shape index (κ3) is 3.53. The maximum atomic E-state index is 9.64. The molecule has 2 N–H and O–H groups in total. The molecule has 1 aromatic rings. The van der Waals surface area contributed by atoms with E-state index in [1.54, 1.807) is 12.4 Å².